The van der Waals surface area contributed by atoms with Gasteiger partial charge in [0.25, 0.3) is 0 Å². The van der Waals surface area contributed by atoms with Gasteiger partial charge in [0.2, 0.25) is 5.60 Å². The van der Waals surface area contributed by atoms with Crippen molar-refractivity contribution in [3.63, 3.8) is 0 Å². The topological polar surface area (TPSA) is 152 Å². The molecule has 0 aromatic rings. The number of fused-ring (bicyclic) bond motifs is 4. The van der Waals surface area contributed by atoms with E-state index in [0.717, 1.165) is 20.8 Å². The molecule has 2 aliphatic heterocycles. The monoisotopic (exact) mass is 508 g/mol. The van der Waals surface area contributed by atoms with Gasteiger partial charge in [0.05, 0.1) is 5.60 Å². The molecule has 2 heterocycles. The molecule has 2 aliphatic carbocycles. The Morgan fingerprint density at radius 1 is 1.03 bits per heavy atom. The van der Waals surface area contributed by atoms with Crippen LogP contribution in [0, 0.1) is 17.8 Å². The Balaban J connectivity index is 2.03. The van der Waals surface area contributed by atoms with Crippen LogP contribution in [0.1, 0.15) is 54.4 Å². The van der Waals surface area contributed by atoms with Crippen LogP contribution in [-0.2, 0) is 47.7 Å². The first-order valence-corrected chi connectivity index (χ1v) is 12.0. The zero-order valence-electron chi connectivity index (χ0n) is 21.2. The van der Waals surface area contributed by atoms with E-state index in [9.17, 15) is 29.1 Å². The average molecular weight is 509 g/mol. The van der Waals surface area contributed by atoms with E-state index in [2.05, 4.69) is 0 Å². The van der Waals surface area contributed by atoms with Gasteiger partial charge in [0.1, 0.15) is 18.5 Å². The molecule has 198 valence electrons. The molecule has 11 heteroatoms. The van der Waals surface area contributed by atoms with Gasteiger partial charge in [-0.2, -0.15) is 0 Å². The minimum Gasteiger partial charge on any atom is -0.461 e. The molecule has 0 amide bonds. The minimum absolute atomic E-state index is 0.0974. The van der Waals surface area contributed by atoms with Crippen molar-refractivity contribution in [2.45, 2.75) is 89.5 Å². The van der Waals surface area contributed by atoms with E-state index in [-0.39, 0.29) is 18.6 Å². The molecule has 0 aromatic heterocycles. The molecule has 9 atom stereocenters. The lowest BCUT2D eigenvalue weighted by Gasteiger charge is -2.56. The van der Waals surface area contributed by atoms with E-state index in [1.54, 1.807) is 19.9 Å². The molecule has 11 nitrogen and oxygen atoms in total. The summed E-state index contributed by atoms with van der Waals surface area (Å²) in [7, 11) is 0. The first-order chi connectivity index (χ1) is 16.7. The molecule has 1 N–H and O–H groups in total. The minimum atomic E-state index is -1.93. The van der Waals surface area contributed by atoms with Gasteiger partial charge in [-0.3, -0.25) is 24.0 Å². The van der Waals surface area contributed by atoms with Crippen LogP contribution >= 0.6 is 0 Å². The van der Waals surface area contributed by atoms with E-state index in [0.29, 0.717) is 5.57 Å². The predicted octanol–water partition coefficient (Wildman–Crippen LogP) is 0.788. The summed E-state index contributed by atoms with van der Waals surface area (Å²) >= 11 is 0. The van der Waals surface area contributed by atoms with Gasteiger partial charge in [-0.25, -0.2) is 0 Å². The van der Waals surface area contributed by atoms with Crippen molar-refractivity contribution in [1.82, 2.24) is 0 Å². The summed E-state index contributed by atoms with van der Waals surface area (Å²) in [4.78, 5) is 61.7. The Morgan fingerprint density at radius 3 is 2.22 bits per heavy atom. The molecule has 2 saturated heterocycles. The normalized spacial score (nSPS) is 42.5. The highest BCUT2D eigenvalue weighted by molar-refractivity contribution is 5.81. The number of Topliss-reactive ketones (excluding diaryl/α,β-unsaturated/α-hetero) is 1. The van der Waals surface area contributed by atoms with Crippen molar-refractivity contribution in [2.24, 2.45) is 17.8 Å². The van der Waals surface area contributed by atoms with E-state index >= 15 is 0 Å². The van der Waals surface area contributed by atoms with Crippen molar-refractivity contribution in [1.29, 1.82) is 0 Å². The highest BCUT2D eigenvalue weighted by Gasteiger charge is 2.84. The molecule has 4 aliphatic rings. The molecule has 1 spiro atoms. The summed E-state index contributed by atoms with van der Waals surface area (Å²) in [6.45, 7) is 7.54. The summed E-state index contributed by atoms with van der Waals surface area (Å²) in [5, 5.41) is 12.4. The van der Waals surface area contributed by atoms with E-state index in [1.165, 1.54) is 6.92 Å². The summed E-state index contributed by atoms with van der Waals surface area (Å²) in [6, 6.07) is 0. The van der Waals surface area contributed by atoms with Gasteiger partial charge in [-0.1, -0.05) is 13.0 Å². The van der Waals surface area contributed by atoms with E-state index in [4.69, 9.17) is 23.7 Å². The first-order valence-electron chi connectivity index (χ1n) is 12.0. The third-order valence-electron chi connectivity index (χ3n) is 8.04. The van der Waals surface area contributed by atoms with Gasteiger partial charge in [0, 0.05) is 52.4 Å². The molecule has 9 unspecified atom stereocenters. The standard InChI is InChI=1S/C25H32O11/c1-11-7-19-24(31)12(2)8-17(30)9-18(24)21-23(35-16(6)29,10-32-13(3)26)22(34-15(5)28)25(19,36-21)20(11)33-14(4)27/h7,12,18-22,31H,8-10H2,1-6H3. The smallest absolute Gasteiger partial charge is 0.303 e. The Kier molecular flexibility index (Phi) is 6.32. The second-order valence-corrected chi connectivity index (χ2v) is 10.4. The maximum Gasteiger partial charge on any atom is 0.303 e. The fourth-order valence-electron chi connectivity index (χ4n) is 7.00. The lowest BCUT2D eigenvalue weighted by Crippen LogP contribution is -2.69. The zero-order chi connectivity index (χ0) is 26.8. The maximum atomic E-state index is 12.7. The second kappa shape index (κ2) is 8.65. The van der Waals surface area contributed by atoms with Gasteiger partial charge in [-0.05, 0) is 18.4 Å². The number of esters is 4. The number of carbonyl (C=O) groups excluding carboxylic acids is 5. The van der Waals surface area contributed by atoms with Crippen LogP contribution in [0.3, 0.4) is 0 Å². The third kappa shape index (κ3) is 3.58. The number of hydrogen-bond acceptors (Lipinski definition) is 11. The fraction of sp³-hybridized carbons (Fsp3) is 0.720. The van der Waals surface area contributed by atoms with Gasteiger partial charge >= 0.3 is 23.9 Å². The molecule has 3 fully saturated rings. The van der Waals surface area contributed by atoms with Crippen molar-refractivity contribution < 1.29 is 52.8 Å². The number of hydrogen-bond donors (Lipinski definition) is 1. The van der Waals surface area contributed by atoms with Crippen molar-refractivity contribution >= 4 is 29.7 Å². The predicted molar refractivity (Wildman–Crippen MR) is 119 cm³/mol. The van der Waals surface area contributed by atoms with Crippen LogP contribution in [-0.4, -0.2) is 76.5 Å². The summed E-state index contributed by atoms with van der Waals surface area (Å²) < 4.78 is 29.2. The van der Waals surface area contributed by atoms with Crippen LogP contribution in [0.2, 0.25) is 0 Å². The SMILES string of the molecule is CC(=O)OCC1(OC(C)=O)C2OC3(C(OC(C)=O)C(C)=CC3C3(O)C(C)CC(=O)CC23)C1OC(C)=O. The molecule has 0 radical (unpaired) electrons. The van der Waals surface area contributed by atoms with Gasteiger partial charge < -0.3 is 28.8 Å². The lowest BCUT2D eigenvalue weighted by molar-refractivity contribution is -0.281. The van der Waals surface area contributed by atoms with E-state index in [1.807, 2.05) is 0 Å². The van der Waals surface area contributed by atoms with Gasteiger partial charge in [0.15, 0.2) is 17.8 Å². The molecule has 36 heavy (non-hydrogen) atoms. The van der Waals surface area contributed by atoms with Crippen LogP contribution in [0.15, 0.2) is 11.6 Å². The van der Waals surface area contributed by atoms with Crippen LogP contribution < -0.4 is 0 Å². The van der Waals surface area contributed by atoms with Crippen LogP contribution in [0.4, 0.5) is 0 Å². The molecular weight excluding hydrogens is 476 g/mol. The highest BCUT2D eigenvalue weighted by atomic mass is 16.7. The maximum absolute atomic E-state index is 12.7. The third-order valence-corrected chi connectivity index (χ3v) is 8.04. The molecule has 0 aromatic carbocycles. The van der Waals surface area contributed by atoms with Crippen molar-refractivity contribution in [2.75, 3.05) is 6.61 Å². The summed E-state index contributed by atoms with van der Waals surface area (Å²) in [6.07, 6.45) is -2.07. The fourth-order valence-corrected chi connectivity index (χ4v) is 7.00. The first kappa shape index (κ1) is 26.3. The summed E-state index contributed by atoms with van der Waals surface area (Å²) in [5.74, 6) is -5.36. The van der Waals surface area contributed by atoms with Gasteiger partial charge in [-0.15, -0.1) is 0 Å². The van der Waals surface area contributed by atoms with Crippen LogP contribution in [0.5, 0.6) is 0 Å². The van der Waals surface area contributed by atoms with E-state index < -0.39 is 83.4 Å². The molecule has 2 bridgehead atoms. The second-order valence-electron chi connectivity index (χ2n) is 10.4. The van der Waals surface area contributed by atoms with Crippen LogP contribution in [0.25, 0.3) is 0 Å². The van der Waals surface area contributed by atoms with Crippen molar-refractivity contribution in [3.05, 3.63) is 11.6 Å². The van der Waals surface area contributed by atoms with Crippen molar-refractivity contribution in [3.8, 4) is 0 Å². The molecular formula is C25H32O11. The largest absolute Gasteiger partial charge is 0.461 e. The Bertz CT molecular complexity index is 1050. The number of carbonyl (C=O) groups is 5. The number of ether oxygens (including phenoxy) is 5. The summed E-state index contributed by atoms with van der Waals surface area (Å²) in [5.41, 5.74) is -4.68. The zero-order valence-corrected chi connectivity index (χ0v) is 21.2. The number of ketones is 1. The number of aliphatic hydroxyl groups is 1. The Morgan fingerprint density at radius 2 is 1.67 bits per heavy atom. The lowest BCUT2D eigenvalue weighted by atomic mass is 9.57. The molecule has 4 rings (SSSR count). The molecule has 1 saturated carbocycles. The highest BCUT2D eigenvalue weighted by Crippen LogP contribution is 2.67. The Labute approximate surface area is 208 Å². The quantitative estimate of drug-likeness (QED) is 0.319. The Hall–Kier alpha value is -2.79. The number of rotatable bonds is 5. The average Bonchev–Trinajstić information content (AvgIpc) is 3.15.